The van der Waals surface area contributed by atoms with Gasteiger partial charge in [-0.25, -0.2) is 8.42 Å². The van der Waals surface area contributed by atoms with E-state index in [1.165, 1.54) is 4.31 Å². The summed E-state index contributed by atoms with van der Waals surface area (Å²) in [6, 6.07) is 12.0. The Morgan fingerprint density at radius 3 is 2.46 bits per heavy atom. The lowest BCUT2D eigenvalue weighted by atomic mass is 10.00. The van der Waals surface area contributed by atoms with Crippen LogP contribution in [0.15, 0.2) is 42.5 Å². The van der Waals surface area contributed by atoms with Gasteiger partial charge in [0.25, 0.3) is 5.91 Å². The van der Waals surface area contributed by atoms with Crippen molar-refractivity contribution in [2.24, 2.45) is 0 Å². The minimum Gasteiger partial charge on any atom is -0.506 e. The number of sulfonamides is 1. The fourth-order valence-electron chi connectivity index (χ4n) is 3.69. The fourth-order valence-corrected chi connectivity index (χ4v) is 5.25. The number of phenolic OH excluding ortho intramolecular Hbond substituents is 1. The highest BCUT2D eigenvalue weighted by Crippen LogP contribution is 2.36. The van der Waals surface area contributed by atoms with E-state index >= 15 is 0 Å². The quantitative estimate of drug-likeness (QED) is 0.879. The number of para-hydroxylation sites is 1. The van der Waals surface area contributed by atoms with Gasteiger partial charge in [-0.05, 0) is 55.2 Å². The molecule has 0 aliphatic carbocycles. The van der Waals surface area contributed by atoms with Crippen LogP contribution in [-0.4, -0.2) is 38.3 Å². The Labute approximate surface area is 152 Å². The molecule has 7 heteroatoms. The number of phenols is 1. The van der Waals surface area contributed by atoms with E-state index < -0.39 is 10.0 Å². The van der Waals surface area contributed by atoms with E-state index in [2.05, 4.69) is 0 Å². The number of aryl methyl sites for hydroxylation is 1. The summed E-state index contributed by atoms with van der Waals surface area (Å²) in [5.74, 6) is 0.0796. The molecule has 2 aromatic rings. The molecule has 1 N–H and O–H groups in total. The number of carbonyl (C=O) groups excluding carboxylic acids is 1. The van der Waals surface area contributed by atoms with Crippen LogP contribution in [0.25, 0.3) is 0 Å². The first-order chi connectivity index (χ1) is 12.5. The molecule has 0 radical (unpaired) electrons. The number of amides is 1. The smallest absolute Gasteiger partial charge is 0.258 e. The Balaban J connectivity index is 1.63. The summed E-state index contributed by atoms with van der Waals surface area (Å²) in [6.45, 7) is 1.02. The molecular weight excluding hydrogens is 352 g/mol. The average Bonchev–Trinajstić information content (AvgIpc) is 3.00. The van der Waals surface area contributed by atoms with E-state index in [0.29, 0.717) is 36.4 Å². The van der Waals surface area contributed by atoms with Crippen LogP contribution in [0.5, 0.6) is 5.75 Å². The molecular formula is C19H20N2O4S. The normalized spacial score (nSPS) is 18.6. The Kier molecular flexibility index (Phi) is 4.11. The van der Waals surface area contributed by atoms with Crippen LogP contribution in [0.3, 0.4) is 0 Å². The van der Waals surface area contributed by atoms with E-state index in [1.807, 2.05) is 6.07 Å². The van der Waals surface area contributed by atoms with Crippen molar-refractivity contribution in [2.75, 3.05) is 28.0 Å². The van der Waals surface area contributed by atoms with Gasteiger partial charge in [-0.3, -0.25) is 9.10 Å². The first-order valence-electron chi connectivity index (χ1n) is 8.70. The van der Waals surface area contributed by atoms with Gasteiger partial charge >= 0.3 is 0 Å². The predicted octanol–water partition coefficient (Wildman–Crippen LogP) is 2.53. The third-order valence-electron chi connectivity index (χ3n) is 4.94. The zero-order valence-corrected chi connectivity index (χ0v) is 15.1. The second kappa shape index (κ2) is 6.32. The third kappa shape index (κ3) is 2.82. The van der Waals surface area contributed by atoms with E-state index in [9.17, 15) is 18.3 Å². The van der Waals surface area contributed by atoms with Crippen LogP contribution in [0.4, 0.5) is 11.4 Å². The molecule has 4 rings (SSSR count). The maximum Gasteiger partial charge on any atom is 0.258 e. The van der Waals surface area contributed by atoms with Gasteiger partial charge in [0.2, 0.25) is 10.0 Å². The molecule has 2 heterocycles. The van der Waals surface area contributed by atoms with E-state index in [4.69, 9.17) is 0 Å². The molecule has 0 atom stereocenters. The van der Waals surface area contributed by atoms with Crippen LogP contribution in [0, 0.1) is 0 Å². The van der Waals surface area contributed by atoms with Gasteiger partial charge in [-0.1, -0.05) is 12.1 Å². The molecule has 0 aromatic heterocycles. The largest absolute Gasteiger partial charge is 0.506 e. The van der Waals surface area contributed by atoms with E-state index in [1.54, 1.807) is 41.3 Å². The number of rotatable bonds is 2. The maximum absolute atomic E-state index is 13.0. The van der Waals surface area contributed by atoms with Gasteiger partial charge in [0, 0.05) is 18.7 Å². The van der Waals surface area contributed by atoms with Crippen LogP contribution < -0.4 is 9.21 Å². The van der Waals surface area contributed by atoms with Gasteiger partial charge in [-0.15, -0.1) is 0 Å². The van der Waals surface area contributed by atoms with Gasteiger partial charge in [0.15, 0.2) is 0 Å². The molecule has 6 nitrogen and oxygen atoms in total. The van der Waals surface area contributed by atoms with Crippen molar-refractivity contribution in [1.82, 2.24) is 0 Å². The van der Waals surface area contributed by atoms with Gasteiger partial charge in [-0.2, -0.15) is 0 Å². The maximum atomic E-state index is 13.0. The van der Waals surface area contributed by atoms with Crippen molar-refractivity contribution in [3.63, 3.8) is 0 Å². The summed E-state index contributed by atoms with van der Waals surface area (Å²) < 4.78 is 25.4. The van der Waals surface area contributed by atoms with E-state index in [-0.39, 0.29) is 17.4 Å². The Morgan fingerprint density at radius 1 is 1.00 bits per heavy atom. The molecule has 26 heavy (non-hydrogen) atoms. The summed E-state index contributed by atoms with van der Waals surface area (Å²) in [6.07, 6.45) is 2.29. The number of nitrogens with zero attached hydrogens (tertiary/aromatic N) is 2. The second-order valence-corrected chi connectivity index (χ2v) is 8.65. The van der Waals surface area contributed by atoms with Crippen molar-refractivity contribution in [1.29, 1.82) is 0 Å². The molecule has 1 amide bonds. The number of hydrogen-bond donors (Lipinski definition) is 1. The molecule has 0 saturated carbocycles. The highest BCUT2D eigenvalue weighted by molar-refractivity contribution is 7.93. The number of benzene rings is 2. The topological polar surface area (TPSA) is 77.9 Å². The van der Waals surface area contributed by atoms with Crippen LogP contribution >= 0.6 is 0 Å². The highest BCUT2D eigenvalue weighted by atomic mass is 32.2. The van der Waals surface area contributed by atoms with Gasteiger partial charge in [0.05, 0.1) is 17.1 Å². The Bertz CT molecular complexity index is 954. The SMILES string of the molecule is O=C(c1ccc(N2CCCS2(=O)=O)cc1)N1CCCc2cccc(O)c21. The predicted molar refractivity (Wildman–Crippen MR) is 100 cm³/mol. The summed E-state index contributed by atoms with van der Waals surface area (Å²) in [4.78, 5) is 14.6. The highest BCUT2D eigenvalue weighted by Gasteiger charge is 2.29. The summed E-state index contributed by atoms with van der Waals surface area (Å²) in [5.41, 5.74) is 2.60. The van der Waals surface area contributed by atoms with Crippen LogP contribution in [0.1, 0.15) is 28.8 Å². The first-order valence-corrected chi connectivity index (χ1v) is 10.3. The third-order valence-corrected chi connectivity index (χ3v) is 6.81. The second-order valence-electron chi connectivity index (χ2n) is 6.63. The van der Waals surface area contributed by atoms with Gasteiger partial charge < -0.3 is 10.0 Å². The molecule has 0 bridgehead atoms. The number of anilines is 2. The number of aromatic hydroxyl groups is 1. The van der Waals surface area contributed by atoms with Crippen molar-refractivity contribution in [3.8, 4) is 5.75 Å². The molecule has 0 spiro atoms. The summed E-state index contributed by atoms with van der Waals surface area (Å²) >= 11 is 0. The van der Waals surface area contributed by atoms with Crippen LogP contribution in [0.2, 0.25) is 0 Å². The molecule has 0 unspecified atom stereocenters. The molecule has 2 aliphatic heterocycles. The lowest BCUT2D eigenvalue weighted by Gasteiger charge is -2.30. The average molecular weight is 372 g/mol. The summed E-state index contributed by atoms with van der Waals surface area (Å²) in [7, 11) is -3.23. The zero-order valence-electron chi connectivity index (χ0n) is 14.3. The monoisotopic (exact) mass is 372 g/mol. The standard InChI is InChI=1S/C19H20N2O4S/c22-17-6-1-4-14-5-2-11-20(18(14)17)19(23)15-7-9-16(10-8-15)21-12-3-13-26(21,24)25/h1,4,6-10,22H,2-3,5,11-13H2. The van der Waals surface area contributed by atoms with Gasteiger partial charge in [0.1, 0.15) is 5.75 Å². The van der Waals surface area contributed by atoms with Crippen molar-refractivity contribution >= 4 is 27.3 Å². The van der Waals surface area contributed by atoms with Crippen LogP contribution in [-0.2, 0) is 16.4 Å². The number of fused-ring (bicyclic) bond motifs is 1. The molecule has 136 valence electrons. The van der Waals surface area contributed by atoms with E-state index in [0.717, 1.165) is 18.4 Å². The fraction of sp³-hybridized carbons (Fsp3) is 0.316. The first kappa shape index (κ1) is 16.9. The molecule has 1 saturated heterocycles. The number of hydrogen-bond acceptors (Lipinski definition) is 4. The Hall–Kier alpha value is -2.54. The number of carbonyl (C=O) groups is 1. The zero-order chi connectivity index (χ0) is 18.3. The molecule has 2 aliphatic rings. The van der Waals surface area contributed by atoms with Crippen molar-refractivity contribution in [3.05, 3.63) is 53.6 Å². The minimum absolute atomic E-state index is 0.107. The lowest BCUT2D eigenvalue weighted by Crippen LogP contribution is -2.35. The Morgan fingerprint density at radius 2 is 1.77 bits per heavy atom. The molecule has 1 fully saturated rings. The summed E-state index contributed by atoms with van der Waals surface area (Å²) in [5, 5.41) is 10.2. The minimum atomic E-state index is -3.23. The molecule has 2 aromatic carbocycles. The van der Waals surface area contributed by atoms with Crippen molar-refractivity contribution < 1.29 is 18.3 Å². The van der Waals surface area contributed by atoms with Crippen molar-refractivity contribution in [2.45, 2.75) is 19.3 Å². The lowest BCUT2D eigenvalue weighted by molar-refractivity contribution is 0.0984.